The molecule has 0 amide bonds. The second kappa shape index (κ2) is 10.8. The molecule has 0 aliphatic carbocycles. The first-order chi connectivity index (χ1) is 19.5. The van der Waals surface area contributed by atoms with Crippen LogP contribution in [0.1, 0.15) is 10.6 Å². The van der Waals surface area contributed by atoms with Crippen molar-refractivity contribution < 1.29 is 9.15 Å². The van der Waals surface area contributed by atoms with Gasteiger partial charge in [0.05, 0.1) is 35.3 Å². The summed E-state index contributed by atoms with van der Waals surface area (Å²) in [7, 11) is 1.62. The summed E-state index contributed by atoms with van der Waals surface area (Å²) in [6.45, 7) is 0. The van der Waals surface area contributed by atoms with Gasteiger partial charge in [-0.1, -0.05) is 34.1 Å². The van der Waals surface area contributed by atoms with Crippen molar-refractivity contribution in [2.75, 3.05) is 7.11 Å². The number of fused-ring (bicyclic) bond motifs is 1. The molecule has 40 heavy (non-hydrogen) atoms. The molecule has 0 unspecified atom stereocenters. The van der Waals surface area contributed by atoms with E-state index in [-0.39, 0.29) is 0 Å². The second-order valence-electron chi connectivity index (χ2n) is 8.78. The zero-order valence-electron chi connectivity index (χ0n) is 21.0. The fraction of sp³-hybridized carbons (Fsp3) is 0.0323. The Hall–Kier alpha value is -4.78. The van der Waals surface area contributed by atoms with E-state index in [0.29, 0.717) is 33.1 Å². The standard InChI is InChI=1S/C31H19BrN4O3S/c1-38-25-10-7-19(8-11-25)29-22(17-36(35-29)24-5-3-2-4-6-24)13-21(16-33)30-34-27(18-40-30)26-15-20-14-23(32)9-12-28(20)39-31(26)37/h2-15,17-18H,1H3. The average Bonchev–Trinajstić information content (AvgIpc) is 3.64. The average molecular weight is 607 g/mol. The van der Waals surface area contributed by atoms with Gasteiger partial charge in [-0.05, 0) is 66.7 Å². The minimum Gasteiger partial charge on any atom is -0.497 e. The molecular formula is C31H19BrN4O3S. The number of hydrogen-bond acceptors (Lipinski definition) is 7. The predicted octanol–water partition coefficient (Wildman–Crippen LogP) is 7.60. The number of thiazole rings is 1. The maximum Gasteiger partial charge on any atom is 0.345 e. The number of aromatic nitrogens is 3. The van der Waals surface area contributed by atoms with E-state index in [1.165, 1.54) is 11.3 Å². The van der Waals surface area contributed by atoms with E-state index in [2.05, 4.69) is 27.0 Å². The largest absolute Gasteiger partial charge is 0.497 e. The van der Waals surface area contributed by atoms with Crippen LogP contribution < -0.4 is 10.4 Å². The van der Waals surface area contributed by atoms with Crippen molar-refractivity contribution in [2.24, 2.45) is 0 Å². The van der Waals surface area contributed by atoms with Gasteiger partial charge < -0.3 is 9.15 Å². The van der Waals surface area contributed by atoms with Gasteiger partial charge in [0, 0.05) is 32.6 Å². The zero-order chi connectivity index (χ0) is 27.6. The number of halogens is 1. The minimum atomic E-state index is -0.486. The molecule has 6 rings (SSSR count). The molecule has 0 atom stereocenters. The molecule has 3 heterocycles. The first-order valence-electron chi connectivity index (χ1n) is 12.1. The Labute approximate surface area is 241 Å². The Bertz CT molecular complexity index is 1980. The van der Waals surface area contributed by atoms with E-state index in [4.69, 9.17) is 14.3 Å². The number of benzene rings is 3. The third-order valence-corrected chi connectivity index (χ3v) is 7.62. The monoisotopic (exact) mass is 606 g/mol. The molecule has 7 nitrogen and oxygen atoms in total. The molecule has 0 fully saturated rings. The molecule has 9 heteroatoms. The molecule has 0 spiro atoms. The number of hydrogen-bond donors (Lipinski definition) is 0. The zero-order valence-corrected chi connectivity index (χ0v) is 23.4. The fourth-order valence-corrected chi connectivity index (χ4v) is 5.43. The van der Waals surface area contributed by atoms with Crippen molar-refractivity contribution in [3.63, 3.8) is 0 Å². The van der Waals surface area contributed by atoms with Gasteiger partial charge in [-0.3, -0.25) is 0 Å². The summed E-state index contributed by atoms with van der Waals surface area (Å²) < 4.78 is 13.5. The lowest BCUT2D eigenvalue weighted by Gasteiger charge is -2.03. The molecule has 0 bridgehead atoms. The first-order valence-corrected chi connectivity index (χ1v) is 13.8. The summed E-state index contributed by atoms with van der Waals surface area (Å²) in [5.74, 6) is 0.738. The van der Waals surface area contributed by atoms with Crippen LogP contribution in [0.5, 0.6) is 5.75 Å². The molecule has 0 aliphatic heterocycles. The highest BCUT2D eigenvalue weighted by Crippen LogP contribution is 2.32. The van der Waals surface area contributed by atoms with Crippen LogP contribution in [0.15, 0.2) is 104 Å². The molecular weight excluding hydrogens is 588 g/mol. The lowest BCUT2D eigenvalue weighted by Crippen LogP contribution is -2.02. The van der Waals surface area contributed by atoms with Crippen molar-refractivity contribution in [1.29, 1.82) is 5.26 Å². The van der Waals surface area contributed by atoms with Crippen LogP contribution in [-0.2, 0) is 0 Å². The molecule has 3 aromatic heterocycles. The summed E-state index contributed by atoms with van der Waals surface area (Å²) >= 11 is 4.74. The quantitative estimate of drug-likeness (QED) is 0.143. The molecule has 3 aromatic carbocycles. The maximum atomic E-state index is 12.7. The van der Waals surface area contributed by atoms with Crippen LogP contribution >= 0.6 is 27.3 Å². The van der Waals surface area contributed by atoms with E-state index < -0.39 is 5.63 Å². The summed E-state index contributed by atoms with van der Waals surface area (Å²) in [6, 6.07) is 26.8. The lowest BCUT2D eigenvalue weighted by molar-refractivity contribution is 0.415. The fourth-order valence-electron chi connectivity index (χ4n) is 4.27. The van der Waals surface area contributed by atoms with E-state index >= 15 is 0 Å². The molecule has 0 saturated heterocycles. The number of para-hydroxylation sites is 1. The van der Waals surface area contributed by atoms with Crippen LogP contribution in [0.3, 0.4) is 0 Å². The number of nitrogens with zero attached hydrogens (tertiary/aromatic N) is 4. The number of nitriles is 1. The number of methoxy groups -OCH3 is 1. The van der Waals surface area contributed by atoms with Gasteiger partial charge in [-0.2, -0.15) is 10.4 Å². The highest BCUT2D eigenvalue weighted by molar-refractivity contribution is 9.10. The van der Waals surface area contributed by atoms with Gasteiger partial charge in [-0.15, -0.1) is 11.3 Å². The van der Waals surface area contributed by atoms with E-state index in [1.807, 2.05) is 72.9 Å². The van der Waals surface area contributed by atoms with Crippen molar-refractivity contribution in [1.82, 2.24) is 14.8 Å². The Balaban J connectivity index is 1.43. The Morgan fingerprint density at radius 2 is 1.90 bits per heavy atom. The summed E-state index contributed by atoms with van der Waals surface area (Å²) in [5.41, 5.74) is 4.36. The molecule has 0 N–H and O–H groups in total. The van der Waals surface area contributed by atoms with Crippen LogP contribution in [0, 0.1) is 11.3 Å². The Morgan fingerprint density at radius 3 is 2.65 bits per heavy atom. The number of allylic oxidation sites excluding steroid dienone is 1. The van der Waals surface area contributed by atoms with Crippen molar-refractivity contribution in [3.8, 4) is 40.0 Å². The topological polar surface area (TPSA) is 93.9 Å². The van der Waals surface area contributed by atoms with Gasteiger partial charge in [0.2, 0.25) is 0 Å². The minimum absolute atomic E-state index is 0.334. The van der Waals surface area contributed by atoms with Gasteiger partial charge in [-0.25, -0.2) is 14.5 Å². The SMILES string of the molecule is COc1ccc(-c2nn(-c3ccccc3)cc2C=C(C#N)c2nc(-c3cc4cc(Br)ccc4oc3=O)cs2)cc1. The third-order valence-electron chi connectivity index (χ3n) is 6.25. The number of rotatable bonds is 6. The van der Waals surface area contributed by atoms with Gasteiger partial charge in [0.1, 0.15) is 22.4 Å². The maximum absolute atomic E-state index is 12.7. The summed E-state index contributed by atoms with van der Waals surface area (Å²) in [4.78, 5) is 17.4. The van der Waals surface area contributed by atoms with E-state index in [1.54, 1.807) is 35.4 Å². The molecule has 0 radical (unpaired) electrons. The summed E-state index contributed by atoms with van der Waals surface area (Å²) in [5, 5.41) is 18.0. The van der Waals surface area contributed by atoms with Crippen molar-refractivity contribution in [3.05, 3.63) is 116 Å². The normalized spacial score (nSPS) is 11.5. The Kier molecular flexibility index (Phi) is 6.86. The lowest BCUT2D eigenvalue weighted by atomic mass is 10.1. The molecule has 0 saturated carbocycles. The Morgan fingerprint density at radius 1 is 1.10 bits per heavy atom. The van der Waals surface area contributed by atoms with Crippen LogP contribution in [0.25, 0.3) is 50.8 Å². The molecule has 0 aliphatic rings. The van der Waals surface area contributed by atoms with Gasteiger partial charge in [0.25, 0.3) is 0 Å². The van der Waals surface area contributed by atoms with E-state index in [9.17, 15) is 10.1 Å². The highest BCUT2D eigenvalue weighted by atomic mass is 79.9. The number of ether oxygens (including phenoxy) is 1. The molecule has 6 aromatic rings. The van der Waals surface area contributed by atoms with Crippen molar-refractivity contribution in [2.45, 2.75) is 0 Å². The van der Waals surface area contributed by atoms with Crippen LogP contribution in [0.4, 0.5) is 0 Å². The van der Waals surface area contributed by atoms with Gasteiger partial charge >= 0.3 is 5.63 Å². The van der Waals surface area contributed by atoms with E-state index in [0.717, 1.165) is 32.4 Å². The third kappa shape index (κ3) is 4.98. The smallest absolute Gasteiger partial charge is 0.345 e. The predicted molar refractivity (Wildman–Crippen MR) is 160 cm³/mol. The summed E-state index contributed by atoms with van der Waals surface area (Å²) in [6.07, 6.45) is 3.66. The highest BCUT2D eigenvalue weighted by Gasteiger charge is 2.17. The van der Waals surface area contributed by atoms with Crippen LogP contribution in [0.2, 0.25) is 0 Å². The van der Waals surface area contributed by atoms with Crippen LogP contribution in [-0.4, -0.2) is 21.9 Å². The first kappa shape index (κ1) is 25.5. The molecule has 194 valence electrons. The van der Waals surface area contributed by atoms with Crippen molar-refractivity contribution >= 4 is 49.9 Å². The van der Waals surface area contributed by atoms with Gasteiger partial charge in [0.15, 0.2) is 0 Å². The second-order valence-corrected chi connectivity index (χ2v) is 10.6.